The van der Waals surface area contributed by atoms with Gasteiger partial charge < -0.3 is 14.8 Å². The first-order chi connectivity index (χ1) is 11.8. The van der Waals surface area contributed by atoms with Gasteiger partial charge in [0.05, 0.1) is 5.69 Å². The summed E-state index contributed by atoms with van der Waals surface area (Å²) >= 11 is 3.38. The normalized spacial score (nSPS) is 10.2. The van der Waals surface area contributed by atoms with Gasteiger partial charge in [-0.3, -0.25) is 4.79 Å². The molecule has 2 aromatic rings. The van der Waals surface area contributed by atoms with E-state index in [4.69, 9.17) is 9.47 Å². The van der Waals surface area contributed by atoms with Crippen molar-refractivity contribution in [2.45, 2.75) is 20.8 Å². The number of esters is 1. The van der Waals surface area contributed by atoms with E-state index in [2.05, 4.69) is 21.2 Å². The molecule has 2 rings (SSSR count). The number of rotatable bonds is 6. The Morgan fingerprint density at radius 2 is 1.64 bits per heavy atom. The first-order valence-corrected chi connectivity index (χ1v) is 8.55. The number of carbonyl (C=O) groups is 2. The van der Waals surface area contributed by atoms with Gasteiger partial charge in [-0.05, 0) is 77.7 Å². The minimum Gasteiger partial charge on any atom is -0.482 e. The van der Waals surface area contributed by atoms with Crippen molar-refractivity contribution in [1.82, 2.24) is 0 Å². The monoisotopic (exact) mass is 405 g/mol. The quantitative estimate of drug-likeness (QED) is 0.739. The largest absolute Gasteiger partial charge is 0.482 e. The fourth-order valence-electron chi connectivity index (χ4n) is 2.25. The second-order valence-electron chi connectivity index (χ2n) is 5.80. The first-order valence-electron chi connectivity index (χ1n) is 7.76. The number of benzene rings is 2. The SMILES string of the molecule is Cc1cc(C)cc(OCC(=O)OCC(=O)Nc2ccc(C)cc2Br)c1. The average Bonchev–Trinajstić information content (AvgIpc) is 2.53. The molecular formula is C19H20BrNO4. The zero-order chi connectivity index (χ0) is 18.4. The highest BCUT2D eigenvalue weighted by molar-refractivity contribution is 9.10. The summed E-state index contributed by atoms with van der Waals surface area (Å²) in [6.07, 6.45) is 0. The predicted molar refractivity (Wildman–Crippen MR) is 99.9 cm³/mol. The van der Waals surface area contributed by atoms with Crippen LogP contribution < -0.4 is 10.1 Å². The Morgan fingerprint density at radius 3 is 2.28 bits per heavy atom. The van der Waals surface area contributed by atoms with Gasteiger partial charge in [0.15, 0.2) is 13.2 Å². The molecule has 0 bridgehead atoms. The first kappa shape index (κ1) is 19.0. The second-order valence-corrected chi connectivity index (χ2v) is 6.66. The molecule has 0 unspecified atom stereocenters. The molecule has 6 heteroatoms. The number of anilines is 1. The van der Waals surface area contributed by atoms with Gasteiger partial charge >= 0.3 is 5.97 Å². The van der Waals surface area contributed by atoms with Gasteiger partial charge in [0.1, 0.15) is 5.75 Å². The molecule has 1 N–H and O–H groups in total. The molecule has 5 nitrogen and oxygen atoms in total. The molecule has 1 amide bonds. The van der Waals surface area contributed by atoms with Crippen LogP contribution in [-0.4, -0.2) is 25.1 Å². The van der Waals surface area contributed by atoms with E-state index in [1.807, 2.05) is 51.1 Å². The van der Waals surface area contributed by atoms with Gasteiger partial charge in [0.2, 0.25) is 0 Å². The Labute approximate surface area is 155 Å². The molecule has 25 heavy (non-hydrogen) atoms. The topological polar surface area (TPSA) is 64.6 Å². The Hall–Kier alpha value is -2.34. The summed E-state index contributed by atoms with van der Waals surface area (Å²) < 4.78 is 11.1. The van der Waals surface area contributed by atoms with Crippen molar-refractivity contribution >= 4 is 33.5 Å². The molecule has 2 aromatic carbocycles. The van der Waals surface area contributed by atoms with Crippen molar-refractivity contribution in [2.24, 2.45) is 0 Å². The maximum atomic E-state index is 11.9. The standard InChI is InChI=1S/C19H20BrNO4/c1-12-4-5-17(16(20)9-12)21-18(22)10-25-19(23)11-24-15-7-13(2)6-14(3)8-15/h4-9H,10-11H2,1-3H3,(H,21,22). The number of nitrogens with one attached hydrogen (secondary N) is 1. The second kappa shape index (κ2) is 8.67. The molecule has 0 saturated heterocycles. The van der Waals surface area contributed by atoms with E-state index in [9.17, 15) is 9.59 Å². The molecule has 0 atom stereocenters. The maximum Gasteiger partial charge on any atom is 0.344 e. The van der Waals surface area contributed by atoms with Crippen LogP contribution in [0.5, 0.6) is 5.75 Å². The molecule has 0 aliphatic rings. The number of aryl methyl sites for hydroxylation is 3. The highest BCUT2D eigenvalue weighted by Crippen LogP contribution is 2.23. The lowest BCUT2D eigenvalue weighted by Crippen LogP contribution is -2.23. The number of carbonyl (C=O) groups excluding carboxylic acids is 2. The van der Waals surface area contributed by atoms with Crippen molar-refractivity contribution in [3.63, 3.8) is 0 Å². The van der Waals surface area contributed by atoms with Gasteiger partial charge in [0.25, 0.3) is 5.91 Å². The summed E-state index contributed by atoms with van der Waals surface area (Å²) in [5.41, 5.74) is 3.79. The summed E-state index contributed by atoms with van der Waals surface area (Å²) in [4.78, 5) is 23.6. The van der Waals surface area contributed by atoms with Crippen molar-refractivity contribution in [3.8, 4) is 5.75 Å². The third-order valence-corrected chi connectivity index (χ3v) is 3.97. The summed E-state index contributed by atoms with van der Waals surface area (Å²) in [7, 11) is 0. The Morgan fingerprint density at radius 1 is 0.960 bits per heavy atom. The number of amides is 1. The molecule has 0 saturated carbocycles. The molecule has 0 spiro atoms. The third-order valence-electron chi connectivity index (χ3n) is 3.31. The van der Waals surface area contributed by atoms with Crippen LogP contribution in [0.15, 0.2) is 40.9 Å². The van der Waals surface area contributed by atoms with E-state index in [0.717, 1.165) is 21.2 Å². The van der Waals surface area contributed by atoms with Crippen LogP contribution in [0, 0.1) is 20.8 Å². The van der Waals surface area contributed by atoms with Crippen LogP contribution in [0.25, 0.3) is 0 Å². The molecule has 0 radical (unpaired) electrons. The maximum absolute atomic E-state index is 11.9. The Kier molecular flexibility index (Phi) is 6.58. The number of hydrogen-bond acceptors (Lipinski definition) is 4. The Balaban J connectivity index is 1.78. The lowest BCUT2D eigenvalue weighted by molar-refractivity contribution is -0.149. The predicted octanol–water partition coefficient (Wildman–Crippen LogP) is 3.94. The molecule has 0 heterocycles. The van der Waals surface area contributed by atoms with Crippen molar-refractivity contribution in [3.05, 3.63) is 57.6 Å². The van der Waals surface area contributed by atoms with E-state index in [-0.39, 0.29) is 13.2 Å². The fourth-order valence-corrected chi connectivity index (χ4v) is 2.85. The summed E-state index contributed by atoms with van der Waals surface area (Å²) in [6.45, 7) is 5.24. The molecule has 132 valence electrons. The lowest BCUT2D eigenvalue weighted by atomic mass is 10.1. The van der Waals surface area contributed by atoms with Crippen molar-refractivity contribution in [2.75, 3.05) is 18.5 Å². The van der Waals surface area contributed by atoms with Gasteiger partial charge in [0, 0.05) is 4.47 Å². The number of halogens is 1. The molecule has 0 aliphatic carbocycles. The highest BCUT2D eigenvalue weighted by atomic mass is 79.9. The molecular weight excluding hydrogens is 386 g/mol. The van der Waals surface area contributed by atoms with Crippen LogP contribution in [0.3, 0.4) is 0 Å². The van der Waals surface area contributed by atoms with Crippen molar-refractivity contribution in [1.29, 1.82) is 0 Å². The zero-order valence-electron chi connectivity index (χ0n) is 14.4. The van der Waals surface area contributed by atoms with Crippen LogP contribution in [0.4, 0.5) is 5.69 Å². The lowest BCUT2D eigenvalue weighted by Gasteiger charge is -2.10. The fraction of sp³-hybridized carbons (Fsp3) is 0.263. The number of ether oxygens (including phenoxy) is 2. The van der Waals surface area contributed by atoms with Gasteiger partial charge in [-0.15, -0.1) is 0 Å². The van der Waals surface area contributed by atoms with E-state index in [0.29, 0.717) is 11.4 Å². The average molecular weight is 406 g/mol. The van der Waals surface area contributed by atoms with E-state index >= 15 is 0 Å². The summed E-state index contributed by atoms with van der Waals surface area (Å²) in [6, 6.07) is 11.2. The van der Waals surface area contributed by atoms with E-state index in [1.165, 1.54) is 0 Å². The molecule has 0 fully saturated rings. The Bertz CT molecular complexity index is 769. The van der Waals surface area contributed by atoms with E-state index in [1.54, 1.807) is 6.07 Å². The smallest absolute Gasteiger partial charge is 0.344 e. The third kappa shape index (κ3) is 6.23. The van der Waals surface area contributed by atoms with Crippen LogP contribution in [0.2, 0.25) is 0 Å². The molecule has 0 aliphatic heterocycles. The minimum atomic E-state index is -0.600. The minimum absolute atomic E-state index is 0.246. The van der Waals surface area contributed by atoms with Crippen LogP contribution in [0.1, 0.15) is 16.7 Å². The van der Waals surface area contributed by atoms with Gasteiger partial charge in [-0.2, -0.15) is 0 Å². The van der Waals surface area contributed by atoms with Crippen LogP contribution in [-0.2, 0) is 14.3 Å². The van der Waals surface area contributed by atoms with Crippen LogP contribution >= 0.6 is 15.9 Å². The zero-order valence-corrected chi connectivity index (χ0v) is 16.0. The van der Waals surface area contributed by atoms with E-state index < -0.39 is 11.9 Å². The summed E-state index contributed by atoms with van der Waals surface area (Å²) in [5.74, 6) is -0.413. The number of hydrogen-bond donors (Lipinski definition) is 1. The summed E-state index contributed by atoms with van der Waals surface area (Å²) in [5, 5.41) is 2.68. The molecule has 0 aromatic heterocycles. The van der Waals surface area contributed by atoms with Gasteiger partial charge in [-0.25, -0.2) is 4.79 Å². The van der Waals surface area contributed by atoms with Gasteiger partial charge in [-0.1, -0.05) is 12.1 Å². The highest BCUT2D eigenvalue weighted by Gasteiger charge is 2.10. The van der Waals surface area contributed by atoms with Crippen molar-refractivity contribution < 1.29 is 19.1 Å².